The van der Waals surface area contributed by atoms with Crippen molar-refractivity contribution in [1.29, 1.82) is 0 Å². The number of carboxylic acid groups (broad SMARTS) is 2. The van der Waals surface area contributed by atoms with Crippen LogP contribution in [0.2, 0.25) is 0 Å². The molecule has 0 spiro atoms. The average molecular weight is 234 g/mol. The highest BCUT2D eigenvalue weighted by Crippen LogP contribution is 2.38. The maximum atomic E-state index is 10.9. The zero-order valence-electron chi connectivity index (χ0n) is 8.43. The van der Waals surface area contributed by atoms with E-state index in [1.54, 1.807) is 13.8 Å². The Morgan fingerprint density at radius 3 is 2.33 bits per heavy atom. The van der Waals surface area contributed by atoms with Crippen LogP contribution in [0.5, 0.6) is 0 Å². The first-order valence-corrected chi connectivity index (χ1v) is 5.28. The summed E-state index contributed by atoms with van der Waals surface area (Å²) in [5, 5.41) is 19.8. The third-order valence-corrected chi connectivity index (χ3v) is 3.84. The number of rotatable bonds is 3. The molecule has 0 radical (unpaired) electrons. The van der Waals surface area contributed by atoms with E-state index < -0.39 is 34.1 Å². The van der Waals surface area contributed by atoms with Gasteiger partial charge in [0.2, 0.25) is 0 Å². The molecule has 6 nitrogen and oxygen atoms in total. The summed E-state index contributed by atoms with van der Waals surface area (Å²) >= 11 is 1.24. The Kier molecular flexibility index (Phi) is 3.27. The van der Waals surface area contributed by atoms with Crippen molar-refractivity contribution in [3.05, 3.63) is 0 Å². The van der Waals surface area contributed by atoms with Crippen molar-refractivity contribution in [2.45, 2.75) is 36.1 Å². The van der Waals surface area contributed by atoms with Crippen molar-refractivity contribution in [2.75, 3.05) is 0 Å². The lowest BCUT2D eigenvalue weighted by molar-refractivity contribution is -0.141. The summed E-state index contributed by atoms with van der Waals surface area (Å²) in [6.07, 6.45) is 0. The number of carboxylic acids is 2. The molecule has 0 amide bonds. The lowest BCUT2D eigenvalue weighted by atomic mass is 10.0. The van der Waals surface area contributed by atoms with Crippen LogP contribution in [0.1, 0.15) is 13.8 Å². The molecule has 15 heavy (non-hydrogen) atoms. The fourth-order valence-electron chi connectivity index (χ4n) is 1.47. The van der Waals surface area contributed by atoms with Gasteiger partial charge in [0.25, 0.3) is 0 Å². The first-order chi connectivity index (χ1) is 6.75. The number of thioether (sulfide) groups is 1. The van der Waals surface area contributed by atoms with E-state index in [1.807, 2.05) is 0 Å². The number of aliphatic carboxylic acids is 2. The largest absolute Gasteiger partial charge is 0.480 e. The summed E-state index contributed by atoms with van der Waals surface area (Å²) in [5.74, 6) is -2.13. The highest BCUT2D eigenvalue weighted by Gasteiger charge is 2.48. The van der Waals surface area contributed by atoms with Gasteiger partial charge in [-0.15, -0.1) is 11.8 Å². The molecule has 1 rings (SSSR count). The van der Waals surface area contributed by atoms with Gasteiger partial charge in [-0.05, 0) is 13.8 Å². The number of hydrogen-bond acceptors (Lipinski definition) is 5. The van der Waals surface area contributed by atoms with Crippen LogP contribution in [0.15, 0.2) is 0 Å². The Bertz CT molecular complexity index is 294. The number of hydrogen-bond donors (Lipinski definition) is 4. The van der Waals surface area contributed by atoms with E-state index in [1.165, 1.54) is 11.8 Å². The molecule has 0 bridgehead atoms. The van der Waals surface area contributed by atoms with Crippen molar-refractivity contribution >= 4 is 23.7 Å². The molecule has 86 valence electrons. The second kappa shape index (κ2) is 3.99. The Balaban J connectivity index is 2.78. The number of carbonyl (C=O) groups is 2. The molecule has 0 saturated carbocycles. The molecule has 0 aromatic heterocycles. The standard InChI is InChI=1S/C8H14N2O4S/c1-8(2)4(7(13)14)10-5(15-8)3(9)6(11)12/h3-5,10H,9H2,1-2H3,(H,11,12)(H,13,14)/t3-,4?,5?/m0/s1. The molecule has 1 fully saturated rings. The van der Waals surface area contributed by atoms with Crippen LogP contribution in [-0.4, -0.2) is 44.4 Å². The first kappa shape index (κ1) is 12.3. The molecule has 0 aliphatic carbocycles. The molecule has 3 atom stereocenters. The number of nitrogens with one attached hydrogen (secondary N) is 1. The molecule has 7 heteroatoms. The minimum Gasteiger partial charge on any atom is -0.480 e. The average Bonchev–Trinajstić information content (AvgIpc) is 2.39. The molecule has 1 aliphatic heterocycles. The van der Waals surface area contributed by atoms with Crippen LogP contribution >= 0.6 is 11.8 Å². The summed E-state index contributed by atoms with van der Waals surface area (Å²) in [6, 6.07) is -1.88. The summed E-state index contributed by atoms with van der Waals surface area (Å²) < 4.78 is -0.566. The molecule has 1 aliphatic rings. The van der Waals surface area contributed by atoms with Crippen molar-refractivity contribution < 1.29 is 19.8 Å². The predicted octanol–water partition coefficient (Wildman–Crippen LogP) is -0.707. The summed E-state index contributed by atoms with van der Waals surface area (Å²) in [4.78, 5) is 21.5. The molecule has 2 unspecified atom stereocenters. The molecule has 5 N–H and O–H groups in total. The van der Waals surface area contributed by atoms with Gasteiger partial charge in [-0.3, -0.25) is 14.9 Å². The monoisotopic (exact) mass is 234 g/mol. The quantitative estimate of drug-likeness (QED) is 0.510. The Morgan fingerprint density at radius 1 is 1.47 bits per heavy atom. The topological polar surface area (TPSA) is 113 Å². The summed E-state index contributed by atoms with van der Waals surface area (Å²) in [7, 11) is 0. The molecular weight excluding hydrogens is 220 g/mol. The maximum absolute atomic E-state index is 10.9. The minimum atomic E-state index is -1.14. The van der Waals surface area contributed by atoms with Gasteiger partial charge < -0.3 is 15.9 Å². The van der Waals surface area contributed by atoms with E-state index in [4.69, 9.17) is 15.9 Å². The fraction of sp³-hybridized carbons (Fsp3) is 0.750. The second-order valence-electron chi connectivity index (χ2n) is 3.94. The van der Waals surface area contributed by atoms with Gasteiger partial charge in [0.05, 0.1) is 5.37 Å². The molecule has 1 saturated heterocycles. The lowest BCUT2D eigenvalue weighted by Crippen LogP contribution is -2.50. The smallest absolute Gasteiger partial charge is 0.323 e. The van der Waals surface area contributed by atoms with E-state index in [-0.39, 0.29) is 0 Å². The van der Waals surface area contributed by atoms with Crippen LogP contribution in [0.3, 0.4) is 0 Å². The van der Waals surface area contributed by atoms with E-state index in [0.717, 1.165) is 0 Å². The maximum Gasteiger partial charge on any atom is 0.323 e. The molecule has 0 aromatic carbocycles. The predicted molar refractivity (Wildman–Crippen MR) is 55.6 cm³/mol. The lowest BCUT2D eigenvalue weighted by Gasteiger charge is -2.20. The van der Waals surface area contributed by atoms with Crippen molar-refractivity contribution in [3.63, 3.8) is 0 Å². The molecule has 1 heterocycles. The molecule has 0 aromatic rings. The van der Waals surface area contributed by atoms with E-state index >= 15 is 0 Å². The van der Waals surface area contributed by atoms with Crippen LogP contribution < -0.4 is 11.1 Å². The summed E-state index contributed by atoms with van der Waals surface area (Å²) in [5.41, 5.74) is 5.43. The first-order valence-electron chi connectivity index (χ1n) is 4.41. The van der Waals surface area contributed by atoms with Gasteiger partial charge in [-0.25, -0.2) is 0 Å². The highest BCUT2D eigenvalue weighted by atomic mass is 32.2. The minimum absolute atomic E-state index is 0.566. The fourth-order valence-corrected chi connectivity index (χ4v) is 2.90. The second-order valence-corrected chi connectivity index (χ2v) is 5.74. The highest BCUT2D eigenvalue weighted by molar-refractivity contribution is 8.01. The van der Waals surface area contributed by atoms with Gasteiger partial charge >= 0.3 is 11.9 Å². The van der Waals surface area contributed by atoms with Crippen molar-refractivity contribution in [3.8, 4) is 0 Å². The van der Waals surface area contributed by atoms with E-state index in [2.05, 4.69) is 5.32 Å². The zero-order chi connectivity index (χ0) is 11.8. The van der Waals surface area contributed by atoms with Crippen LogP contribution in [0.4, 0.5) is 0 Å². The molecular formula is C8H14N2O4S. The SMILES string of the molecule is CC1(C)SC([C@H](N)C(=O)O)NC1C(=O)O. The van der Waals surface area contributed by atoms with Gasteiger partial charge in [0.15, 0.2) is 0 Å². The van der Waals surface area contributed by atoms with Crippen LogP contribution in [-0.2, 0) is 9.59 Å². The number of nitrogens with two attached hydrogens (primary N) is 1. The normalized spacial score (nSPS) is 31.1. The summed E-state index contributed by atoms with van der Waals surface area (Å²) in [6.45, 7) is 3.50. The van der Waals surface area contributed by atoms with Crippen LogP contribution in [0, 0.1) is 0 Å². The third kappa shape index (κ3) is 2.42. The zero-order valence-corrected chi connectivity index (χ0v) is 9.25. The Hall–Kier alpha value is -0.790. The van der Waals surface area contributed by atoms with E-state index in [0.29, 0.717) is 0 Å². The van der Waals surface area contributed by atoms with Crippen molar-refractivity contribution in [1.82, 2.24) is 5.32 Å². The Morgan fingerprint density at radius 2 is 2.00 bits per heavy atom. The third-order valence-electron chi connectivity index (χ3n) is 2.32. The van der Waals surface area contributed by atoms with Gasteiger partial charge in [0.1, 0.15) is 12.1 Å². The van der Waals surface area contributed by atoms with Gasteiger partial charge in [0, 0.05) is 4.75 Å². The van der Waals surface area contributed by atoms with Crippen LogP contribution in [0.25, 0.3) is 0 Å². The Labute approximate surface area is 91.2 Å². The van der Waals surface area contributed by atoms with Crippen molar-refractivity contribution in [2.24, 2.45) is 5.73 Å². The van der Waals surface area contributed by atoms with Gasteiger partial charge in [-0.1, -0.05) is 0 Å². The van der Waals surface area contributed by atoms with E-state index in [9.17, 15) is 9.59 Å². The van der Waals surface area contributed by atoms with Gasteiger partial charge in [-0.2, -0.15) is 0 Å².